The molecule has 1 aromatic heterocycles. The minimum absolute atomic E-state index is 0.282. The van der Waals surface area contributed by atoms with E-state index in [1.807, 2.05) is 0 Å². The van der Waals surface area contributed by atoms with Gasteiger partial charge in [-0.15, -0.1) is 11.3 Å². The normalized spacial score (nSPS) is 24.9. The lowest BCUT2D eigenvalue weighted by Crippen LogP contribution is -2.17. The number of carbonyl (C=O) groups is 2. The van der Waals surface area contributed by atoms with E-state index in [2.05, 4.69) is 11.4 Å². The Hall–Kier alpha value is -1.87. The molecule has 2 aliphatic rings. The maximum absolute atomic E-state index is 12.5. The Morgan fingerprint density at radius 1 is 1.26 bits per heavy atom. The Morgan fingerprint density at radius 3 is 2.57 bits per heavy atom. The van der Waals surface area contributed by atoms with Gasteiger partial charge in [-0.05, 0) is 36.7 Å². The van der Waals surface area contributed by atoms with Crippen molar-refractivity contribution in [1.29, 1.82) is 5.26 Å². The van der Waals surface area contributed by atoms with Crippen molar-refractivity contribution < 1.29 is 14.7 Å². The number of carbonyl (C=O) groups excluding carboxylic acids is 1. The van der Waals surface area contributed by atoms with Gasteiger partial charge in [0.25, 0.3) is 0 Å². The van der Waals surface area contributed by atoms with E-state index in [0.717, 1.165) is 31.2 Å². The third kappa shape index (κ3) is 2.63. The molecular formula is C17H20N2O3S. The van der Waals surface area contributed by atoms with Crippen LogP contribution in [0.2, 0.25) is 0 Å². The predicted molar refractivity (Wildman–Crippen MR) is 87.3 cm³/mol. The zero-order valence-corrected chi connectivity index (χ0v) is 14.1. The van der Waals surface area contributed by atoms with Gasteiger partial charge >= 0.3 is 5.97 Å². The molecule has 1 saturated carbocycles. The molecule has 5 nitrogen and oxygen atoms in total. The molecule has 3 rings (SSSR count). The number of carboxylic acid groups (broad SMARTS) is 1. The van der Waals surface area contributed by atoms with E-state index < -0.39 is 23.2 Å². The molecule has 23 heavy (non-hydrogen) atoms. The highest BCUT2D eigenvalue weighted by atomic mass is 32.1. The largest absolute Gasteiger partial charge is 0.481 e. The first-order valence-corrected chi connectivity index (χ1v) is 8.78. The summed E-state index contributed by atoms with van der Waals surface area (Å²) in [4.78, 5) is 24.9. The Morgan fingerprint density at radius 2 is 1.96 bits per heavy atom. The van der Waals surface area contributed by atoms with Gasteiger partial charge in [0, 0.05) is 4.88 Å². The third-order valence-electron chi connectivity index (χ3n) is 5.15. The van der Waals surface area contributed by atoms with E-state index in [-0.39, 0.29) is 5.91 Å². The second-order valence-corrected chi connectivity index (χ2v) is 8.09. The molecule has 0 aromatic carbocycles. The Kier molecular flexibility index (Phi) is 3.93. The number of carboxylic acids is 1. The fourth-order valence-electron chi connectivity index (χ4n) is 3.73. The second-order valence-electron chi connectivity index (χ2n) is 6.98. The van der Waals surface area contributed by atoms with Crippen LogP contribution in [0.25, 0.3) is 0 Å². The minimum atomic E-state index is -0.933. The molecule has 0 spiro atoms. The molecule has 2 aliphatic carbocycles. The topological polar surface area (TPSA) is 90.2 Å². The summed E-state index contributed by atoms with van der Waals surface area (Å²) in [5, 5.41) is 22.1. The van der Waals surface area contributed by atoms with Crippen LogP contribution in [0, 0.1) is 28.6 Å². The smallest absolute Gasteiger partial charge is 0.307 e. The van der Waals surface area contributed by atoms with Crippen LogP contribution < -0.4 is 5.32 Å². The van der Waals surface area contributed by atoms with Crippen LogP contribution in [-0.2, 0) is 22.4 Å². The Labute approximate surface area is 139 Å². The monoisotopic (exact) mass is 332 g/mol. The van der Waals surface area contributed by atoms with Crippen LogP contribution in [0.1, 0.15) is 49.1 Å². The zero-order chi connectivity index (χ0) is 16.8. The standard InChI is InChI=1S/C17H20N2O3S/c1-17(2)12(13(17)16(21)22)14(20)19-15-10(8-18)9-6-4-3-5-7-11(9)23-15/h12-13H,3-7H2,1-2H3,(H,19,20)(H,21,22)/t12-,13+/m0/s1. The molecule has 0 aliphatic heterocycles. The molecule has 0 unspecified atom stereocenters. The van der Waals surface area contributed by atoms with Gasteiger partial charge in [0.15, 0.2) is 0 Å². The van der Waals surface area contributed by atoms with Gasteiger partial charge in [0.2, 0.25) is 5.91 Å². The first-order chi connectivity index (χ1) is 10.9. The number of nitrogens with zero attached hydrogens (tertiary/aromatic N) is 1. The van der Waals surface area contributed by atoms with Crippen molar-refractivity contribution in [3.05, 3.63) is 16.0 Å². The number of aryl methyl sites for hydroxylation is 1. The van der Waals surface area contributed by atoms with E-state index in [9.17, 15) is 20.0 Å². The predicted octanol–water partition coefficient (Wildman–Crippen LogP) is 3.18. The Bertz CT molecular complexity index is 714. The highest BCUT2D eigenvalue weighted by Gasteiger charge is 2.66. The van der Waals surface area contributed by atoms with Gasteiger partial charge in [0.05, 0.1) is 17.4 Å². The summed E-state index contributed by atoms with van der Waals surface area (Å²) < 4.78 is 0. The van der Waals surface area contributed by atoms with Gasteiger partial charge in [-0.3, -0.25) is 9.59 Å². The van der Waals surface area contributed by atoms with E-state index in [0.29, 0.717) is 10.6 Å². The van der Waals surface area contributed by atoms with Crippen LogP contribution >= 0.6 is 11.3 Å². The number of nitriles is 1. The van der Waals surface area contributed by atoms with Crippen molar-refractivity contribution in [3.63, 3.8) is 0 Å². The number of anilines is 1. The first kappa shape index (κ1) is 16.0. The molecule has 1 aromatic rings. The molecule has 2 N–H and O–H groups in total. The van der Waals surface area contributed by atoms with Gasteiger partial charge in [-0.25, -0.2) is 0 Å². The maximum Gasteiger partial charge on any atom is 0.307 e. The highest BCUT2D eigenvalue weighted by Crippen LogP contribution is 2.58. The SMILES string of the molecule is CC1(C)[C@H](C(=O)Nc2sc3c(c2C#N)CCCCC3)[C@@H]1C(=O)O. The second kappa shape index (κ2) is 5.64. The molecule has 2 atom stereocenters. The fourth-order valence-corrected chi connectivity index (χ4v) is 4.97. The number of hydrogen-bond acceptors (Lipinski definition) is 4. The van der Waals surface area contributed by atoms with Gasteiger partial charge < -0.3 is 10.4 Å². The molecule has 0 bridgehead atoms. The van der Waals surface area contributed by atoms with Crippen molar-refractivity contribution >= 4 is 28.2 Å². The van der Waals surface area contributed by atoms with Crippen LogP contribution in [0.5, 0.6) is 0 Å². The lowest BCUT2D eigenvalue weighted by atomic mass is 10.1. The minimum Gasteiger partial charge on any atom is -0.481 e. The molecule has 122 valence electrons. The summed E-state index contributed by atoms with van der Waals surface area (Å²) >= 11 is 1.48. The molecular weight excluding hydrogens is 312 g/mol. The zero-order valence-electron chi connectivity index (χ0n) is 13.3. The summed E-state index contributed by atoms with van der Waals surface area (Å²) in [5.41, 5.74) is 1.12. The summed E-state index contributed by atoms with van der Waals surface area (Å²) in [6, 6.07) is 2.23. The number of rotatable bonds is 3. The van der Waals surface area contributed by atoms with Crippen molar-refractivity contribution in [1.82, 2.24) is 0 Å². The van der Waals surface area contributed by atoms with Gasteiger partial charge in [-0.2, -0.15) is 5.26 Å². The summed E-state index contributed by atoms with van der Waals surface area (Å²) in [6.45, 7) is 3.59. The third-order valence-corrected chi connectivity index (χ3v) is 6.35. The van der Waals surface area contributed by atoms with E-state index in [1.54, 1.807) is 13.8 Å². The van der Waals surface area contributed by atoms with Crippen LogP contribution in [0.4, 0.5) is 5.00 Å². The van der Waals surface area contributed by atoms with Gasteiger partial charge in [-0.1, -0.05) is 20.3 Å². The number of thiophene rings is 1. The summed E-state index contributed by atoms with van der Waals surface area (Å²) in [7, 11) is 0. The summed E-state index contributed by atoms with van der Waals surface area (Å²) in [5.74, 6) is -2.40. The number of hydrogen-bond donors (Lipinski definition) is 2. The van der Waals surface area contributed by atoms with E-state index in [1.165, 1.54) is 22.6 Å². The van der Waals surface area contributed by atoms with Crippen LogP contribution in [-0.4, -0.2) is 17.0 Å². The van der Waals surface area contributed by atoms with E-state index >= 15 is 0 Å². The van der Waals surface area contributed by atoms with Crippen molar-refractivity contribution in [2.24, 2.45) is 17.3 Å². The van der Waals surface area contributed by atoms with Crippen molar-refractivity contribution in [2.75, 3.05) is 5.32 Å². The highest BCUT2D eigenvalue weighted by molar-refractivity contribution is 7.16. The number of amides is 1. The van der Waals surface area contributed by atoms with Crippen LogP contribution in [0.15, 0.2) is 0 Å². The fraction of sp³-hybridized carbons (Fsp3) is 0.588. The molecule has 1 fully saturated rings. The lowest BCUT2D eigenvalue weighted by Gasteiger charge is -2.05. The van der Waals surface area contributed by atoms with Crippen LogP contribution in [0.3, 0.4) is 0 Å². The maximum atomic E-state index is 12.5. The van der Waals surface area contributed by atoms with E-state index in [4.69, 9.17) is 0 Å². The lowest BCUT2D eigenvalue weighted by molar-refractivity contribution is -0.140. The average molecular weight is 332 g/mol. The molecule has 1 amide bonds. The first-order valence-electron chi connectivity index (χ1n) is 7.96. The average Bonchev–Trinajstić information content (AvgIpc) is 3.02. The number of aliphatic carboxylic acids is 1. The summed E-state index contributed by atoms with van der Waals surface area (Å²) in [6.07, 6.45) is 5.20. The Balaban J connectivity index is 1.83. The number of fused-ring (bicyclic) bond motifs is 1. The molecule has 0 radical (unpaired) electrons. The molecule has 6 heteroatoms. The molecule has 1 heterocycles. The van der Waals surface area contributed by atoms with Gasteiger partial charge in [0.1, 0.15) is 11.1 Å². The quantitative estimate of drug-likeness (QED) is 0.832. The molecule has 0 saturated heterocycles. The van der Waals surface area contributed by atoms with Crippen molar-refractivity contribution in [2.45, 2.75) is 46.0 Å². The van der Waals surface area contributed by atoms with Crippen molar-refractivity contribution in [3.8, 4) is 6.07 Å². The number of nitrogens with one attached hydrogen (secondary N) is 1.